The Bertz CT molecular complexity index is 1250. The van der Waals surface area contributed by atoms with Crippen molar-refractivity contribution in [2.24, 2.45) is 5.92 Å². The van der Waals surface area contributed by atoms with Crippen LogP contribution in [0, 0.1) is 5.92 Å². The number of hydrogen-bond donors (Lipinski definition) is 2. The van der Waals surface area contributed by atoms with E-state index in [-0.39, 0.29) is 23.3 Å². The number of carbonyl (C=O) groups is 1. The Morgan fingerprint density at radius 1 is 1.08 bits per heavy atom. The third-order valence-electron chi connectivity index (χ3n) is 8.01. The van der Waals surface area contributed by atoms with Crippen molar-refractivity contribution in [1.29, 1.82) is 0 Å². The average Bonchev–Trinajstić information content (AvgIpc) is 3.42. The average molecular weight is 560 g/mol. The van der Waals surface area contributed by atoms with Gasteiger partial charge in [0.05, 0.1) is 16.8 Å². The molecule has 38 heavy (non-hydrogen) atoms. The molecule has 1 aromatic carbocycles. The van der Waals surface area contributed by atoms with E-state index in [0.29, 0.717) is 10.9 Å². The van der Waals surface area contributed by atoms with Gasteiger partial charge in [0.1, 0.15) is 0 Å². The third kappa shape index (κ3) is 7.45. The highest BCUT2D eigenvalue weighted by atomic mass is 32.2. The Balaban J connectivity index is 1.69. The number of hydrogen-bond acceptors (Lipinski definition) is 5. The van der Waals surface area contributed by atoms with Crippen molar-refractivity contribution in [3.05, 3.63) is 40.0 Å². The molecule has 2 aromatic rings. The van der Waals surface area contributed by atoms with Crippen LogP contribution in [-0.4, -0.2) is 37.6 Å². The van der Waals surface area contributed by atoms with Gasteiger partial charge in [0.2, 0.25) is 10.0 Å². The predicted octanol–water partition coefficient (Wildman–Crippen LogP) is 6.34. The summed E-state index contributed by atoms with van der Waals surface area (Å²) in [6.07, 6.45) is 10.7. The molecule has 2 saturated carbocycles. The van der Waals surface area contributed by atoms with E-state index in [9.17, 15) is 13.2 Å². The fraction of sp³-hybridized carbons (Fsp3) is 0.667. The first-order chi connectivity index (χ1) is 17.5. The van der Waals surface area contributed by atoms with E-state index in [2.05, 4.69) is 55.9 Å². The zero-order valence-electron chi connectivity index (χ0n) is 24.2. The minimum Gasteiger partial charge on any atom is -0.348 e. The number of sulfonamides is 1. The summed E-state index contributed by atoms with van der Waals surface area (Å²) in [7, 11) is -3.39. The first kappa shape index (κ1) is 29.2. The molecule has 2 aliphatic carbocycles. The summed E-state index contributed by atoms with van der Waals surface area (Å²) < 4.78 is 26.0. The molecule has 0 radical (unpaired) electrons. The summed E-state index contributed by atoms with van der Waals surface area (Å²) in [4.78, 5) is 19.3. The molecule has 0 aliphatic heterocycles. The van der Waals surface area contributed by atoms with Crippen molar-refractivity contribution in [3.63, 3.8) is 0 Å². The van der Waals surface area contributed by atoms with Crippen LogP contribution in [0.15, 0.2) is 18.2 Å². The zero-order chi connectivity index (χ0) is 27.9. The molecule has 0 atom stereocenters. The topological polar surface area (TPSA) is 88.2 Å². The Kier molecular flexibility index (Phi) is 8.20. The maximum Gasteiger partial charge on any atom is 0.280 e. The van der Waals surface area contributed by atoms with Crippen molar-refractivity contribution < 1.29 is 13.2 Å². The highest BCUT2D eigenvalue weighted by molar-refractivity contribution is 7.88. The van der Waals surface area contributed by atoms with Crippen LogP contribution >= 0.6 is 11.3 Å². The van der Waals surface area contributed by atoms with Crippen LogP contribution in [0.1, 0.15) is 113 Å². The monoisotopic (exact) mass is 559 g/mol. The summed E-state index contributed by atoms with van der Waals surface area (Å²) in [6, 6.07) is 7.01. The lowest BCUT2D eigenvalue weighted by Crippen LogP contribution is -2.51. The van der Waals surface area contributed by atoms with Gasteiger partial charge in [-0.05, 0) is 78.7 Å². The normalized spacial score (nSPS) is 18.4. The molecule has 2 N–H and O–H groups in total. The summed E-state index contributed by atoms with van der Waals surface area (Å²) >= 11 is 1.47. The Morgan fingerprint density at radius 2 is 1.74 bits per heavy atom. The second-order valence-electron chi connectivity index (χ2n) is 13.6. The third-order valence-corrected chi connectivity index (χ3v) is 10.1. The molecule has 0 saturated heterocycles. The van der Waals surface area contributed by atoms with Gasteiger partial charge in [-0.15, -0.1) is 11.3 Å². The first-order valence-electron chi connectivity index (χ1n) is 14.0. The molecule has 0 unspecified atom stereocenters. The molecule has 1 amide bonds. The molecule has 2 aliphatic rings. The Hall–Kier alpha value is -1.77. The largest absolute Gasteiger partial charge is 0.348 e. The van der Waals surface area contributed by atoms with Gasteiger partial charge in [-0.3, -0.25) is 4.79 Å². The minimum atomic E-state index is -3.39. The summed E-state index contributed by atoms with van der Waals surface area (Å²) in [5, 5.41) is 3.37. The number of nitrogens with zero attached hydrogens (tertiary/aromatic N) is 1. The van der Waals surface area contributed by atoms with Crippen LogP contribution in [-0.2, 0) is 27.3 Å². The Morgan fingerprint density at radius 3 is 2.32 bits per heavy atom. The van der Waals surface area contributed by atoms with Gasteiger partial charge in [0.25, 0.3) is 5.91 Å². The fourth-order valence-corrected chi connectivity index (χ4v) is 7.48. The Labute approximate surface area is 233 Å². The molecule has 0 bridgehead atoms. The van der Waals surface area contributed by atoms with E-state index in [4.69, 9.17) is 4.98 Å². The van der Waals surface area contributed by atoms with Crippen LogP contribution < -0.4 is 10.0 Å². The summed E-state index contributed by atoms with van der Waals surface area (Å²) in [6.45, 7) is 12.8. The first-order valence-corrected chi connectivity index (χ1v) is 16.7. The molecule has 8 heteroatoms. The SMILES string of the molecule is CC(C)(CNC(=O)c1nc(CC2CCCCC2)c(-c2cc(C(C)(C)C)cc(C3(C)CC3)c2)s1)NS(C)(=O)=O. The van der Waals surface area contributed by atoms with E-state index in [1.165, 1.54) is 73.0 Å². The standard InChI is InChI=1S/C30H45N3O3S2/c1-28(2,3)22-16-21(17-23(18-22)30(6)13-14-30)25-24(15-20-11-9-8-10-12-20)32-27(37-25)26(34)31-19-29(4,5)33-38(7,35)36/h16-18,20,33H,8-15,19H2,1-7H3,(H,31,34). The van der Waals surface area contributed by atoms with Crippen molar-refractivity contribution in [2.75, 3.05) is 12.8 Å². The zero-order valence-corrected chi connectivity index (χ0v) is 25.8. The second kappa shape index (κ2) is 10.7. The number of benzene rings is 1. The van der Waals surface area contributed by atoms with E-state index in [0.717, 1.165) is 23.2 Å². The molecule has 4 rings (SSSR count). The highest BCUT2D eigenvalue weighted by Crippen LogP contribution is 2.50. The lowest BCUT2D eigenvalue weighted by molar-refractivity contribution is 0.0944. The number of amides is 1. The molecular weight excluding hydrogens is 514 g/mol. The van der Waals surface area contributed by atoms with Gasteiger partial charge in [0.15, 0.2) is 5.01 Å². The van der Waals surface area contributed by atoms with Crippen LogP contribution in [0.5, 0.6) is 0 Å². The molecule has 1 aromatic heterocycles. The highest BCUT2D eigenvalue weighted by Gasteiger charge is 2.40. The van der Waals surface area contributed by atoms with E-state index in [1.807, 2.05) is 0 Å². The van der Waals surface area contributed by atoms with E-state index >= 15 is 0 Å². The van der Waals surface area contributed by atoms with Gasteiger partial charge < -0.3 is 5.32 Å². The van der Waals surface area contributed by atoms with Crippen LogP contribution in [0.25, 0.3) is 10.4 Å². The molecule has 210 valence electrons. The second-order valence-corrected chi connectivity index (χ2v) is 16.3. The lowest BCUT2D eigenvalue weighted by Gasteiger charge is -2.24. The van der Waals surface area contributed by atoms with Gasteiger partial charge in [-0.25, -0.2) is 18.1 Å². The van der Waals surface area contributed by atoms with Crippen LogP contribution in [0.4, 0.5) is 0 Å². The maximum absolute atomic E-state index is 13.3. The minimum absolute atomic E-state index is 0.0165. The summed E-state index contributed by atoms with van der Waals surface area (Å²) in [5.41, 5.74) is 4.35. The molecule has 2 fully saturated rings. The van der Waals surface area contributed by atoms with Crippen molar-refractivity contribution in [3.8, 4) is 10.4 Å². The van der Waals surface area contributed by atoms with Gasteiger partial charge in [-0.2, -0.15) is 0 Å². The smallest absolute Gasteiger partial charge is 0.280 e. The van der Waals surface area contributed by atoms with Crippen molar-refractivity contribution >= 4 is 27.3 Å². The van der Waals surface area contributed by atoms with Gasteiger partial charge in [-0.1, -0.05) is 65.9 Å². The fourth-order valence-electron chi connectivity index (χ4n) is 5.41. The van der Waals surface area contributed by atoms with Crippen LogP contribution in [0.3, 0.4) is 0 Å². The lowest BCUT2D eigenvalue weighted by atomic mass is 9.82. The molecule has 1 heterocycles. The van der Waals surface area contributed by atoms with Crippen LogP contribution in [0.2, 0.25) is 0 Å². The molecule has 6 nitrogen and oxygen atoms in total. The van der Waals surface area contributed by atoms with Crippen molar-refractivity contribution in [1.82, 2.24) is 15.0 Å². The van der Waals surface area contributed by atoms with Gasteiger partial charge >= 0.3 is 0 Å². The van der Waals surface area contributed by atoms with Crippen molar-refractivity contribution in [2.45, 2.75) is 109 Å². The van der Waals surface area contributed by atoms with E-state index < -0.39 is 15.6 Å². The maximum atomic E-state index is 13.3. The number of aromatic nitrogens is 1. The predicted molar refractivity (Wildman–Crippen MR) is 158 cm³/mol. The number of carbonyl (C=O) groups excluding carboxylic acids is 1. The number of rotatable bonds is 9. The summed E-state index contributed by atoms with van der Waals surface area (Å²) in [5.74, 6) is 0.348. The van der Waals surface area contributed by atoms with Gasteiger partial charge in [0, 0.05) is 12.1 Å². The van der Waals surface area contributed by atoms with E-state index in [1.54, 1.807) is 13.8 Å². The number of thiazole rings is 1. The number of nitrogens with one attached hydrogen (secondary N) is 2. The molecule has 0 spiro atoms. The molecular formula is C30H45N3O3S2. The quantitative estimate of drug-likeness (QED) is 0.375.